The second-order valence-corrected chi connectivity index (χ2v) is 7.00. The summed E-state index contributed by atoms with van der Waals surface area (Å²) in [4.78, 5) is 20.9. The normalized spacial score (nSPS) is 16.1. The zero-order valence-corrected chi connectivity index (χ0v) is 15.1. The van der Waals surface area contributed by atoms with E-state index in [0.29, 0.717) is 12.3 Å². The molecule has 1 aliphatic heterocycles. The first kappa shape index (κ1) is 17.7. The van der Waals surface area contributed by atoms with Crippen molar-refractivity contribution in [3.63, 3.8) is 0 Å². The first-order valence-corrected chi connectivity index (χ1v) is 9.01. The fourth-order valence-corrected chi connectivity index (χ4v) is 3.40. The van der Waals surface area contributed by atoms with Crippen LogP contribution < -0.4 is 0 Å². The van der Waals surface area contributed by atoms with E-state index in [0.717, 1.165) is 56.2 Å². The monoisotopic (exact) mass is 341 g/mol. The van der Waals surface area contributed by atoms with Gasteiger partial charge in [-0.1, -0.05) is 6.07 Å². The van der Waals surface area contributed by atoms with Gasteiger partial charge in [0, 0.05) is 25.5 Å². The van der Waals surface area contributed by atoms with Gasteiger partial charge in [-0.15, -0.1) is 0 Å². The van der Waals surface area contributed by atoms with Gasteiger partial charge in [0.1, 0.15) is 11.5 Å². The van der Waals surface area contributed by atoms with Gasteiger partial charge in [0.25, 0.3) is 0 Å². The smallest absolute Gasteiger partial charge is 0.228 e. The highest BCUT2D eigenvalue weighted by atomic mass is 16.3. The lowest BCUT2D eigenvalue weighted by Crippen LogP contribution is -2.39. The Hall–Kier alpha value is -2.14. The molecule has 1 saturated heterocycles. The summed E-state index contributed by atoms with van der Waals surface area (Å²) in [5, 5.41) is 0. The van der Waals surface area contributed by atoms with Gasteiger partial charge in [0.15, 0.2) is 0 Å². The third-order valence-corrected chi connectivity index (χ3v) is 4.90. The minimum atomic E-state index is 0.146. The average molecular weight is 341 g/mol. The summed E-state index contributed by atoms with van der Waals surface area (Å²) in [5.41, 5.74) is 0.836. The van der Waals surface area contributed by atoms with Crippen molar-refractivity contribution < 1.29 is 9.21 Å². The molecule has 0 saturated carbocycles. The number of aryl methyl sites for hydroxylation is 1. The third kappa shape index (κ3) is 5.16. The molecule has 5 heteroatoms. The van der Waals surface area contributed by atoms with Gasteiger partial charge in [-0.2, -0.15) is 0 Å². The van der Waals surface area contributed by atoms with Crippen LogP contribution >= 0.6 is 0 Å². The van der Waals surface area contributed by atoms with Crippen molar-refractivity contribution in [1.82, 2.24) is 14.8 Å². The van der Waals surface area contributed by atoms with E-state index in [1.54, 1.807) is 6.20 Å². The van der Waals surface area contributed by atoms with E-state index in [1.807, 2.05) is 43.1 Å². The molecule has 2 aromatic heterocycles. The van der Waals surface area contributed by atoms with E-state index >= 15 is 0 Å². The van der Waals surface area contributed by atoms with Crippen molar-refractivity contribution in [3.05, 3.63) is 53.7 Å². The van der Waals surface area contributed by atoms with Crippen molar-refractivity contribution >= 4 is 5.91 Å². The Morgan fingerprint density at radius 3 is 2.72 bits per heavy atom. The van der Waals surface area contributed by atoms with E-state index in [2.05, 4.69) is 16.0 Å². The Kier molecular flexibility index (Phi) is 5.87. The molecular formula is C20H27N3O2. The number of aromatic nitrogens is 1. The number of furan rings is 1. The highest BCUT2D eigenvalue weighted by Gasteiger charge is 2.22. The SMILES string of the molecule is Cc1ccc(CN2CCC(CN(C)C(=O)Cc3ccccn3)CC2)o1. The third-order valence-electron chi connectivity index (χ3n) is 4.90. The molecule has 0 spiro atoms. The molecule has 5 nitrogen and oxygen atoms in total. The van der Waals surface area contributed by atoms with Crippen molar-refractivity contribution in [2.75, 3.05) is 26.7 Å². The van der Waals surface area contributed by atoms with Crippen molar-refractivity contribution in [3.8, 4) is 0 Å². The summed E-state index contributed by atoms with van der Waals surface area (Å²) in [5.74, 6) is 2.73. The lowest BCUT2D eigenvalue weighted by molar-refractivity contribution is -0.130. The van der Waals surface area contributed by atoms with Crippen molar-refractivity contribution in [2.24, 2.45) is 5.92 Å². The van der Waals surface area contributed by atoms with Gasteiger partial charge < -0.3 is 9.32 Å². The molecule has 0 bridgehead atoms. The summed E-state index contributed by atoms with van der Waals surface area (Å²) < 4.78 is 5.67. The highest BCUT2D eigenvalue weighted by molar-refractivity contribution is 5.78. The summed E-state index contributed by atoms with van der Waals surface area (Å²) in [7, 11) is 1.91. The predicted octanol–water partition coefficient (Wildman–Crippen LogP) is 2.90. The molecule has 0 radical (unpaired) electrons. The molecule has 1 aliphatic rings. The maximum Gasteiger partial charge on any atom is 0.228 e. The van der Waals surface area contributed by atoms with Crippen molar-refractivity contribution in [2.45, 2.75) is 32.7 Å². The lowest BCUT2D eigenvalue weighted by atomic mass is 9.96. The van der Waals surface area contributed by atoms with Crippen LogP contribution in [0.4, 0.5) is 0 Å². The Morgan fingerprint density at radius 2 is 2.08 bits per heavy atom. The van der Waals surface area contributed by atoms with Crippen LogP contribution in [0.15, 0.2) is 40.9 Å². The molecule has 0 unspecified atom stereocenters. The van der Waals surface area contributed by atoms with E-state index in [-0.39, 0.29) is 5.91 Å². The number of pyridine rings is 1. The first-order chi connectivity index (χ1) is 12.1. The molecule has 0 atom stereocenters. The van der Waals surface area contributed by atoms with E-state index in [9.17, 15) is 4.79 Å². The molecule has 2 aromatic rings. The van der Waals surface area contributed by atoms with Crippen LogP contribution in [0.5, 0.6) is 0 Å². The number of piperidine rings is 1. The Labute approximate surface area is 149 Å². The zero-order valence-electron chi connectivity index (χ0n) is 15.1. The van der Waals surface area contributed by atoms with Crippen LogP contribution in [-0.4, -0.2) is 47.4 Å². The molecular weight excluding hydrogens is 314 g/mol. The number of carbonyl (C=O) groups excluding carboxylic acids is 1. The number of carbonyl (C=O) groups is 1. The predicted molar refractivity (Wildman–Crippen MR) is 97.0 cm³/mol. The van der Waals surface area contributed by atoms with Gasteiger partial charge in [-0.25, -0.2) is 0 Å². The van der Waals surface area contributed by atoms with Crippen LogP contribution in [0.25, 0.3) is 0 Å². The Morgan fingerprint density at radius 1 is 1.28 bits per heavy atom. The van der Waals surface area contributed by atoms with E-state index < -0.39 is 0 Å². The van der Waals surface area contributed by atoms with Crippen LogP contribution in [0, 0.1) is 12.8 Å². The second kappa shape index (κ2) is 8.30. The van der Waals surface area contributed by atoms with Gasteiger partial charge in [-0.3, -0.25) is 14.7 Å². The number of amides is 1. The van der Waals surface area contributed by atoms with Gasteiger partial charge >= 0.3 is 0 Å². The lowest BCUT2D eigenvalue weighted by Gasteiger charge is -2.33. The fourth-order valence-electron chi connectivity index (χ4n) is 3.40. The molecule has 0 aliphatic carbocycles. The second-order valence-electron chi connectivity index (χ2n) is 7.00. The molecule has 0 aromatic carbocycles. The Balaban J connectivity index is 1.41. The number of hydrogen-bond acceptors (Lipinski definition) is 4. The molecule has 25 heavy (non-hydrogen) atoms. The molecule has 134 valence electrons. The Bertz CT molecular complexity index is 675. The molecule has 3 heterocycles. The quantitative estimate of drug-likeness (QED) is 0.811. The molecule has 1 amide bonds. The number of rotatable bonds is 6. The maximum atomic E-state index is 12.4. The molecule has 3 rings (SSSR count). The van der Waals surface area contributed by atoms with E-state index in [1.165, 1.54) is 0 Å². The molecule has 0 N–H and O–H groups in total. The minimum Gasteiger partial charge on any atom is -0.465 e. The fraction of sp³-hybridized carbons (Fsp3) is 0.500. The highest BCUT2D eigenvalue weighted by Crippen LogP contribution is 2.20. The molecule has 1 fully saturated rings. The van der Waals surface area contributed by atoms with Crippen molar-refractivity contribution in [1.29, 1.82) is 0 Å². The summed E-state index contributed by atoms with van der Waals surface area (Å²) in [6.07, 6.45) is 4.37. The zero-order chi connectivity index (χ0) is 17.6. The number of hydrogen-bond donors (Lipinski definition) is 0. The summed E-state index contributed by atoms with van der Waals surface area (Å²) >= 11 is 0. The van der Waals surface area contributed by atoms with Crippen LogP contribution in [0.2, 0.25) is 0 Å². The standard InChI is InChI=1S/C20H27N3O2/c1-16-6-7-19(25-16)15-23-11-8-17(9-12-23)14-22(2)20(24)13-18-5-3-4-10-21-18/h3-7,10,17H,8-9,11-15H2,1-2H3. The van der Waals surface area contributed by atoms with Gasteiger partial charge in [0.05, 0.1) is 13.0 Å². The van der Waals surface area contributed by atoms with Gasteiger partial charge in [-0.05, 0) is 63.0 Å². The van der Waals surface area contributed by atoms with Crippen LogP contribution in [0.1, 0.15) is 30.1 Å². The van der Waals surface area contributed by atoms with E-state index in [4.69, 9.17) is 4.42 Å². The van der Waals surface area contributed by atoms with Crippen LogP contribution in [0.3, 0.4) is 0 Å². The van der Waals surface area contributed by atoms with Gasteiger partial charge in [0.2, 0.25) is 5.91 Å². The maximum absolute atomic E-state index is 12.4. The number of likely N-dealkylation sites (N-methyl/N-ethyl adjacent to an activating group) is 1. The largest absolute Gasteiger partial charge is 0.465 e. The number of nitrogens with zero attached hydrogens (tertiary/aromatic N) is 3. The average Bonchev–Trinajstić information content (AvgIpc) is 3.02. The first-order valence-electron chi connectivity index (χ1n) is 9.01. The minimum absolute atomic E-state index is 0.146. The van der Waals surface area contributed by atoms with Crippen LogP contribution in [-0.2, 0) is 17.8 Å². The summed E-state index contributed by atoms with van der Waals surface area (Å²) in [6.45, 7) is 5.82. The topological polar surface area (TPSA) is 49.6 Å². The summed E-state index contributed by atoms with van der Waals surface area (Å²) in [6, 6.07) is 9.78. The number of likely N-dealkylation sites (tertiary alicyclic amines) is 1.